The number of thiophene rings is 1. The maximum Gasteiger partial charge on any atom is 0.414 e. The minimum Gasteiger partial charge on any atom is -0.450 e. The van der Waals surface area contributed by atoms with Crippen LogP contribution in [0.5, 0.6) is 0 Å². The molecule has 0 aliphatic carbocycles. The van der Waals surface area contributed by atoms with Gasteiger partial charge in [-0.25, -0.2) is 14.3 Å². The Morgan fingerprint density at radius 3 is 2.88 bits per heavy atom. The van der Waals surface area contributed by atoms with E-state index in [1.807, 2.05) is 0 Å². The topological polar surface area (TPSA) is 115 Å². The lowest BCUT2D eigenvalue weighted by molar-refractivity contribution is 0.0926. The minimum absolute atomic E-state index is 0.148. The fourth-order valence-electron chi connectivity index (χ4n) is 2.02. The number of carbonyl (C=O) groups excluding carboxylic acids is 3. The monoisotopic (exact) mass is 359 g/mol. The number of aromatic nitrogens is 3. The van der Waals surface area contributed by atoms with Crippen LogP contribution in [0.3, 0.4) is 0 Å². The van der Waals surface area contributed by atoms with Crippen LogP contribution >= 0.6 is 11.3 Å². The number of nitrogens with zero attached hydrogens (tertiary/aromatic N) is 3. The molecular weight excluding hydrogens is 346 g/mol. The van der Waals surface area contributed by atoms with Crippen molar-refractivity contribution in [3.63, 3.8) is 0 Å². The van der Waals surface area contributed by atoms with Gasteiger partial charge in [-0.1, -0.05) is 0 Å². The molecule has 2 N–H and O–H groups in total. The fraction of sp³-hybridized carbons (Fsp3) is 0.133. The highest BCUT2D eigenvalue weighted by Crippen LogP contribution is 2.23. The first-order valence-electron chi connectivity index (χ1n) is 7.26. The fourth-order valence-corrected chi connectivity index (χ4v) is 2.80. The van der Waals surface area contributed by atoms with Crippen molar-refractivity contribution in [3.05, 3.63) is 47.2 Å². The number of alkyl carbamates (subject to hydrolysis) is 1. The Morgan fingerprint density at radius 1 is 1.24 bits per heavy atom. The Morgan fingerprint density at radius 2 is 2.08 bits per heavy atom. The highest BCUT2D eigenvalue weighted by atomic mass is 32.1. The van der Waals surface area contributed by atoms with Crippen molar-refractivity contribution in [2.75, 3.05) is 11.9 Å². The van der Waals surface area contributed by atoms with E-state index in [0.29, 0.717) is 10.6 Å². The first-order chi connectivity index (χ1) is 12.1. The van der Waals surface area contributed by atoms with Crippen LogP contribution in [0.15, 0.2) is 36.0 Å². The number of hydrogen-bond acceptors (Lipinski definition) is 7. The average molecular weight is 359 g/mol. The molecule has 0 radical (unpaired) electrons. The van der Waals surface area contributed by atoms with E-state index in [2.05, 4.69) is 25.5 Å². The second kappa shape index (κ2) is 7.09. The molecule has 3 aromatic rings. The van der Waals surface area contributed by atoms with E-state index in [9.17, 15) is 14.4 Å². The third kappa shape index (κ3) is 3.63. The lowest BCUT2D eigenvalue weighted by Gasteiger charge is -2.07. The average Bonchev–Trinajstić information content (AvgIpc) is 3.22. The summed E-state index contributed by atoms with van der Waals surface area (Å²) >= 11 is 1.15. The molecule has 0 aliphatic heterocycles. The van der Waals surface area contributed by atoms with Gasteiger partial charge in [-0.3, -0.25) is 14.9 Å². The maximum atomic E-state index is 12.4. The zero-order chi connectivity index (χ0) is 17.8. The van der Waals surface area contributed by atoms with Crippen molar-refractivity contribution in [1.82, 2.24) is 19.9 Å². The Hall–Kier alpha value is -3.27. The van der Waals surface area contributed by atoms with Crippen LogP contribution in [-0.4, -0.2) is 39.1 Å². The molecule has 3 amide bonds. The summed E-state index contributed by atoms with van der Waals surface area (Å²) in [5, 5.41) is 10.8. The quantitative estimate of drug-likeness (QED) is 0.735. The third-order valence-electron chi connectivity index (χ3n) is 3.12. The Labute approximate surface area is 145 Å². The van der Waals surface area contributed by atoms with E-state index in [-0.39, 0.29) is 17.9 Å². The molecule has 0 saturated carbocycles. The van der Waals surface area contributed by atoms with E-state index in [1.165, 1.54) is 16.6 Å². The highest BCUT2D eigenvalue weighted by molar-refractivity contribution is 7.14. The molecule has 0 saturated heterocycles. The number of ether oxygens (including phenoxy) is 1. The summed E-state index contributed by atoms with van der Waals surface area (Å²) in [6.07, 6.45) is 2.35. The van der Waals surface area contributed by atoms with Crippen molar-refractivity contribution in [1.29, 1.82) is 0 Å². The Balaban J connectivity index is 1.74. The van der Waals surface area contributed by atoms with Crippen molar-refractivity contribution in [2.45, 2.75) is 6.92 Å². The molecule has 128 valence electrons. The summed E-state index contributed by atoms with van der Waals surface area (Å²) in [4.78, 5) is 39.8. The number of imidazole rings is 1. The number of rotatable bonds is 4. The molecule has 3 heterocycles. The zero-order valence-corrected chi connectivity index (χ0v) is 13.9. The molecule has 0 atom stereocenters. The van der Waals surface area contributed by atoms with Gasteiger partial charge < -0.3 is 10.1 Å². The van der Waals surface area contributed by atoms with E-state index in [1.54, 1.807) is 30.8 Å². The van der Waals surface area contributed by atoms with Crippen LogP contribution < -0.4 is 10.6 Å². The van der Waals surface area contributed by atoms with Gasteiger partial charge in [0.2, 0.25) is 0 Å². The van der Waals surface area contributed by atoms with Crippen LogP contribution in [0.2, 0.25) is 0 Å². The first-order valence-corrected chi connectivity index (χ1v) is 8.14. The van der Waals surface area contributed by atoms with Crippen molar-refractivity contribution in [3.8, 4) is 0 Å². The summed E-state index contributed by atoms with van der Waals surface area (Å²) in [6.45, 7) is 1.78. The molecule has 0 bridgehead atoms. The van der Waals surface area contributed by atoms with E-state index >= 15 is 0 Å². The molecule has 10 heteroatoms. The largest absolute Gasteiger partial charge is 0.450 e. The van der Waals surface area contributed by atoms with Gasteiger partial charge in [-0.15, -0.1) is 11.3 Å². The second-order valence-corrected chi connectivity index (χ2v) is 5.66. The van der Waals surface area contributed by atoms with Crippen LogP contribution in [-0.2, 0) is 4.74 Å². The smallest absolute Gasteiger partial charge is 0.414 e. The predicted molar refractivity (Wildman–Crippen MR) is 89.7 cm³/mol. The molecule has 0 fully saturated rings. The van der Waals surface area contributed by atoms with Crippen LogP contribution in [0, 0.1) is 0 Å². The lowest BCUT2D eigenvalue weighted by atomic mass is 10.3. The number of hydrogen-bond donors (Lipinski definition) is 2. The molecule has 3 aromatic heterocycles. The van der Waals surface area contributed by atoms with Gasteiger partial charge in [-0.05, 0) is 30.5 Å². The Kier molecular flexibility index (Phi) is 4.70. The molecule has 25 heavy (non-hydrogen) atoms. The number of nitrogens with one attached hydrogen (secondary N) is 2. The van der Waals surface area contributed by atoms with Crippen LogP contribution in [0.1, 0.15) is 27.8 Å². The van der Waals surface area contributed by atoms with Gasteiger partial charge in [0.1, 0.15) is 10.7 Å². The van der Waals surface area contributed by atoms with Crippen LogP contribution in [0.4, 0.5) is 9.80 Å². The SMILES string of the molecule is CCOC(=O)NC(=O)c1ccsc1NC(=O)c1ccc2nccn2n1. The number of anilines is 1. The molecule has 0 aromatic carbocycles. The van der Waals surface area contributed by atoms with Gasteiger partial charge in [0.05, 0.1) is 12.2 Å². The zero-order valence-electron chi connectivity index (χ0n) is 13.1. The summed E-state index contributed by atoms with van der Waals surface area (Å²) in [5.41, 5.74) is 0.938. The molecule has 9 nitrogen and oxygen atoms in total. The molecule has 0 aliphatic rings. The van der Waals surface area contributed by atoms with Gasteiger partial charge in [-0.2, -0.15) is 5.10 Å². The summed E-state index contributed by atoms with van der Waals surface area (Å²) in [7, 11) is 0. The minimum atomic E-state index is -0.844. The molecule has 3 rings (SSSR count). The lowest BCUT2D eigenvalue weighted by Crippen LogP contribution is -2.31. The van der Waals surface area contributed by atoms with Crippen LogP contribution in [0.25, 0.3) is 5.65 Å². The predicted octanol–water partition coefficient (Wildman–Crippen LogP) is 1.93. The summed E-state index contributed by atoms with van der Waals surface area (Å²) in [5.74, 6) is -1.14. The van der Waals surface area contributed by atoms with Gasteiger partial charge in [0.25, 0.3) is 11.8 Å². The summed E-state index contributed by atoms with van der Waals surface area (Å²) in [6, 6.07) is 4.69. The van der Waals surface area contributed by atoms with E-state index < -0.39 is 17.9 Å². The van der Waals surface area contributed by atoms with Crippen molar-refractivity contribution < 1.29 is 19.1 Å². The first kappa shape index (κ1) is 16.6. The normalized spacial score (nSPS) is 10.4. The summed E-state index contributed by atoms with van der Waals surface area (Å²) < 4.78 is 6.13. The maximum absolute atomic E-state index is 12.4. The van der Waals surface area contributed by atoms with E-state index in [4.69, 9.17) is 0 Å². The van der Waals surface area contributed by atoms with Gasteiger partial charge in [0, 0.05) is 12.4 Å². The molecular formula is C15H13N5O4S. The van der Waals surface area contributed by atoms with Gasteiger partial charge >= 0.3 is 6.09 Å². The molecule has 0 unspecified atom stereocenters. The number of carbonyl (C=O) groups is 3. The number of fused-ring (bicyclic) bond motifs is 1. The standard InChI is InChI=1S/C15H13N5O4S/c1-2-24-15(23)18-12(21)9-5-8-25-14(9)17-13(22)10-3-4-11-16-6-7-20(11)19-10/h3-8H,2H2,1H3,(H,17,22)(H,18,21,23). The Bertz CT molecular complexity index is 948. The van der Waals surface area contributed by atoms with Crippen molar-refractivity contribution >= 4 is 39.9 Å². The van der Waals surface area contributed by atoms with Crippen molar-refractivity contribution in [2.24, 2.45) is 0 Å². The van der Waals surface area contributed by atoms with Gasteiger partial charge in [0.15, 0.2) is 5.65 Å². The molecule has 0 spiro atoms. The highest BCUT2D eigenvalue weighted by Gasteiger charge is 2.19. The van der Waals surface area contributed by atoms with E-state index in [0.717, 1.165) is 11.3 Å². The number of amides is 3. The second-order valence-electron chi connectivity index (χ2n) is 4.74. The number of imide groups is 1. The third-order valence-corrected chi connectivity index (χ3v) is 3.95.